The van der Waals surface area contributed by atoms with E-state index in [4.69, 9.17) is 9.63 Å². The second kappa shape index (κ2) is 4.13. The van der Waals surface area contributed by atoms with Crippen molar-refractivity contribution in [1.82, 2.24) is 5.16 Å². The number of rotatable bonds is 4. The average molecular weight is 198 g/mol. The van der Waals surface area contributed by atoms with E-state index >= 15 is 0 Å². The number of carbonyl (C=O) groups is 1. The topological polar surface area (TPSA) is 66.6 Å². The summed E-state index contributed by atoms with van der Waals surface area (Å²) in [6.45, 7) is 6.91. The summed E-state index contributed by atoms with van der Waals surface area (Å²) in [6.07, 6.45) is 0. The van der Waals surface area contributed by atoms with Crippen LogP contribution < -0.4 is 4.90 Å². The molecule has 0 aliphatic carbocycles. The molecule has 0 radical (unpaired) electrons. The van der Waals surface area contributed by atoms with Crippen molar-refractivity contribution in [2.75, 3.05) is 18.0 Å². The molecule has 0 atom stereocenters. The third-order valence-electron chi connectivity index (χ3n) is 2.12. The van der Waals surface area contributed by atoms with Crippen molar-refractivity contribution in [1.29, 1.82) is 0 Å². The van der Waals surface area contributed by atoms with Gasteiger partial charge in [-0.3, -0.25) is 0 Å². The number of carboxylic acid groups (broad SMARTS) is 1. The van der Waals surface area contributed by atoms with Gasteiger partial charge >= 0.3 is 5.97 Å². The number of anilines is 1. The SMILES string of the molecule is CCN(CC)c1noc(C)c1C(=O)O. The molecule has 0 spiro atoms. The summed E-state index contributed by atoms with van der Waals surface area (Å²) in [6, 6.07) is 0. The van der Waals surface area contributed by atoms with Gasteiger partial charge in [-0.15, -0.1) is 0 Å². The number of aromatic nitrogens is 1. The van der Waals surface area contributed by atoms with E-state index in [0.29, 0.717) is 24.7 Å². The summed E-state index contributed by atoms with van der Waals surface area (Å²) >= 11 is 0. The fourth-order valence-corrected chi connectivity index (χ4v) is 1.35. The Balaban J connectivity index is 3.13. The van der Waals surface area contributed by atoms with Crippen LogP contribution >= 0.6 is 0 Å². The smallest absolute Gasteiger partial charge is 0.343 e. The second-order valence-corrected chi connectivity index (χ2v) is 2.91. The van der Waals surface area contributed by atoms with Crippen molar-refractivity contribution in [2.24, 2.45) is 0 Å². The van der Waals surface area contributed by atoms with Gasteiger partial charge in [-0.25, -0.2) is 4.79 Å². The molecule has 0 aliphatic heterocycles. The van der Waals surface area contributed by atoms with Crippen LogP contribution in [0.3, 0.4) is 0 Å². The minimum Gasteiger partial charge on any atom is -0.477 e. The molecular weight excluding hydrogens is 184 g/mol. The Labute approximate surface area is 82.3 Å². The molecule has 0 aliphatic rings. The highest BCUT2D eigenvalue weighted by Gasteiger charge is 2.22. The molecule has 1 rings (SSSR count). The molecule has 0 saturated carbocycles. The molecule has 0 saturated heterocycles. The van der Waals surface area contributed by atoms with Crippen LogP contribution in [0, 0.1) is 6.92 Å². The van der Waals surface area contributed by atoms with Crippen LogP contribution in [0.15, 0.2) is 4.52 Å². The molecule has 1 heterocycles. The van der Waals surface area contributed by atoms with Crippen LogP contribution in [0.2, 0.25) is 0 Å². The summed E-state index contributed by atoms with van der Waals surface area (Å²) in [5.74, 6) is -0.231. The summed E-state index contributed by atoms with van der Waals surface area (Å²) in [4.78, 5) is 12.8. The first-order valence-electron chi connectivity index (χ1n) is 4.56. The zero-order chi connectivity index (χ0) is 10.7. The number of hydrogen-bond donors (Lipinski definition) is 1. The largest absolute Gasteiger partial charge is 0.477 e. The van der Waals surface area contributed by atoms with Gasteiger partial charge in [0.15, 0.2) is 11.6 Å². The molecule has 5 nitrogen and oxygen atoms in total. The first-order valence-corrected chi connectivity index (χ1v) is 4.56. The van der Waals surface area contributed by atoms with E-state index in [0.717, 1.165) is 0 Å². The van der Waals surface area contributed by atoms with Gasteiger partial charge in [0.2, 0.25) is 0 Å². The van der Waals surface area contributed by atoms with Gasteiger partial charge in [0.25, 0.3) is 0 Å². The van der Waals surface area contributed by atoms with E-state index in [9.17, 15) is 4.79 Å². The van der Waals surface area contributed by atoms with Crippen LogP contribution in [-0.4, -0.2) is 29.3 Å². The van der Waals surface area contributed by atoms with Crippen LogP contribution in [-0.2, 0) is 0 Å². The molecule has 1 N–H and O–H groups in total. The highest BCUT2D eigenvalue weighted by Crippen LogP contribution is 2.22. The lowest BCUT2D eigenvalue weighted by molar-refractivity contribution is 0.0695. The molecule has 5 heteroatoms. The first-order chi connectivity index (χ1) is 6.61. The zero-order valence-electron chi connectivity index (χ0n) is 8.57. The van der Waals surface area contributed by atoms with Crippen molar-refractivity contribution < 1.29 is 14.4 Å². The number of nitrogens with zero attached hydrogens (tertiary/aromatic N) is 2. The van der Waals surface area contributed by atoms with Gasteiger partial charge in [-0.1, -0.05) is 5.16 Å². The Kier molecular flexibility index (Phi) is 3.11. The van der Waals surface area contributed by atoms with Crippen LogP contribution in [0.25, 0.3) is 0 Å². The van der Waals surface area contributed by atoms with E-state index in [1.165, 1.54) is 0 Å². The Morgan fingerprint density at radius 2 is 2.07 bits per heavy atom. The summed E-state index contributed by atoms with van der Waals surface area (Å²) < 4.78 is 4.87. The van der Waals surface area contributed by atoms with E-state index < -0.39 is 5.97 Å². The number of hydrogen-bond acceptors (Lipinski definition) is 4. The Bertz CT molecular complexity index is 329. The lowest BCUT2D eigenvalue weighted by Crippen LogP contribution is -2.24. The van der Waals surface area contributed by atoms with Crippen molar-refractivity contribution >= 4 is 11.8 Å². The average Bonchev–Trinajstić information content (AvgIpc) is 2.50. The monoisotopic (exact) mass is 198 g/mol. The highest BCUT2D eigenvalue weighted by molar-refractivity contribution is 5.94. The van der Waals surface area contributed by atoms with E-state index in [-0.39, 0.29) is 5.56 Å². The van der Waals surface area contributed by atoms with Crippen LogP contribution in [0.1, 0.15) is 30.0 Å². The van der Waals surface area contributed by atoms with E-state index in [1.54, 1.807) is 6.92 Å². The Morgan fingerprint density at radius 3 is 2.50 bits per heavy atom. The maximum absolute atomic E-state index is 10.9. The quantitative estimate of drug-likeness (QED) is 0.794. The molecule has 0 fully saturated rings. The van der Waals surface area contributed by atoms with Crippen molar-refractivity contribution in [3.05, 3.63) is 11.3 Å². The molecule has 0 bridgehead atoms. The van der Waals surface area contributed by atoms with Gasteiger partial charge in [-0.05, 0) is 20.8 Å². The first kappa shape index (κ1) is 10.6. The normalized spacial score (nSPS) is 10.2. The molecule has 1 aromatic heterocycles. The summed E-state index contributed by atoms with van der Waals surface area (Å²) in [5.41, 5.74) is 0.161. The molecule has 0 aromatic carbocycles. The van der Waals surface area contributed by atoms with E-state index in [2.05, 4.69) is 5.16 Å². The number of aromatic carboxylic acids is 1. The minimum atomic E-state index is -0.995. The zero-order valence-corrected chi connectivity index (χ0v) is 8.57. The lowest BCUT2D eigenvalue weighted by Gasteiger charge is -2.17. The highest BCUT2D eigenvalue weighted by atomic mass is 16.5. The molecule has 14 heavy (non-hydrogen) atoms. The molecule has 0 unspecified atom stereocenters. The minimum absolute atomic E-state index is 0.161. The van der Waals surface area contributed by atoms with Gasteiger partial charge in [0, 0.05) is 13.1 Å². The predicted octanol–water partition coefficient (Wildman–Crippen LogP) is 1.53. The summed E-state index contributed by atoms with van der Waals surface area (Å²) in [5, 5.41) is 12.7. The van der Waals surface area contributed by atoms with Crippen molar-refractivity contribution in [3.8, 4) is 0 Å². The number of aryl methyl sites for hydroxylation is 1. The maximum Gasteiger partial charge on any atom is 0.343 e. The Morgan fingerprint density at radius 1 is 1.50 bits per heavy atom. The predicted molar refractivity (Wildman–Crippen MR) is 51.8 cm³/mol. The van der Waals surface area contributed by atoms with Gasteiger partial charge in [-0.2, -0.15) is 0 Å². The third kappa shape index (κ3) is 1.71. The molecule has 0 amide bonds. The lowest BCUT2D eigenvalue weighted by atomic mass is 10.2. The summed E-state index contributed by atoms with van der Waals surface area (Å²) in [7, 11) is 0. The maximum atomic E-state index is 10.9. The van der Waals surface area contributed by atoms with Crippen molar-refractivity contribution in [3.63, 3.8) is 0 Å². The fraction of sp³-hybridized carbons (Fsp3) is 0.556. The molecule has 1 aromatic rings. The fourth-order valence-electron chi connectivity index (χ4n) is 1.35. The van der Waals surface area contributed by atoms with Crippen molar-refractivity contribution in [2.45, 2.75) is 20.8 Å². The van der Waals surface area contributed by atoms with Gasteiger partial charge in [0.1, 0.15) is 5.56 Å². The van der Waals surface area contributed by atoms with Crippen LogP contribution in [0.4, 0.5) is 5.82 Å². The Hall–Kier alpha value is -1.52. The van der Waals surface area contributed by atoms with Gasteiger partial charge in [0.05, 0.1) is 0 Å². The second-order valence-electron chi connectivity index (χ2n) is 2.91. The van der Waals surface area contributed by atoms with E-state index in [1.807, 2.05) is 18.7 Å². The molecular formula is C9H14N2O3. The molecule has 78 valence electrons. The number of carboxylic acids is 1. The van der Waals surface area contributed by atoms with Crippen LogP contribution in [0.5, 0.6) is 0 Å². The standard InChI is InChI=1S/C9H14N2O3/c1-4-11(5-2)8-7(9(12)13)6(3)14-10-8/h4-5H2,1-3H3,(H,12,13). The third-order valence-corrected chi connectivity index (χ3v) is 2.12. The van der Waals surface area contributed by atoms with Gasteiger partial charge < -0.3 is 14.5 Å².